The maximum Gasteiger partial charge on any atom is 0.316 e. The number of nitrogens with zero attached hydrogens (tertiary/aromatic N) is 1. The molecule has 1 heterocycles. The molecule has 1 saturated heterocycles. The fourth-order valence-corrected chi connectivity index (χ4v) is 2.42. The first-order valence-corrected chi connectivity index (χ1v) is 6.62. The van der Waals surface area contributed by atoms with E-state index in [4.69, 9.17) is 5.73 Å². The highest BCUT2D eigenvalue weighted by molar-refractivity contribution is 5.87. The minimum absolute atomic E-state index is 0. The number of nitrogens with one attached hydrogen (secondary N) is 1. The van der Waals surface area contributed by atoms with Gasteiger partial charge in [-0.25, -0.2) is 4.79 Å². The van der Waals surface area contributed by atoms with E-state index in [-0.39, 0.29) is 12.4 Å². The Bertz CT molecular complexity index is 405. The van der Waals surface area contributed by atoms with Gasteiger partial charge in [0.15, 0.2) is 0 Å². The van der Waals surface area contributed by atoms with Crippen molar-refractivity contribution in [1.29, 1.82) is 0 Å². The maximum atomic E-state index is 10.8. The summed E-state index contributed by atoms with van der Waals surface area (Å²) >= 11 is 0. The molecule has 1 fully saturated rings. The van der Waals surface area contributed by atoms with Crippen LogP contribution in [0.15, 0.2) is 24.3 Å². The summed E-state index contributed by atoms with van der Waals surface area (Å²) in [6.07, 6.45) is 5.04. The Balaban J connectivity index is 0.00000180. The van der Waals surface area contributed by atoms with Crippen LogP contribution in [0.3, 0.4) is 0 Å². The lowest BCUT2D eigenvalue weighted by Crippen LogP contribution is -2.31. The minimum Gasteiger partial charge on any atom is -0.351 e. The Morgan fingerprint density at radius 3 is 2.68 bits per heavy atom. The molecule has 0 unspecified atom stereocenters. The maximum absolute atomic E-state index is 10.8. The molecule has 0 bridgehead atoms. The highest BCUT2D eigenvalue weighted by Crippen LogP contribution is 2.13. The SMILES string of the molecule is Cl.NC(=O)Nc1cccc(CCN2CCCCC2)c1. The van der Waals surface area contributed by atoms with Crippen molar-refractivity contribution in [1.82, 2.24) is 4.90 Å². The average Bonchev–Trinajstić information content (AvgIpc) is 2.37. The Morgan fingerprint density at radius 1 is 1.26 bits per heavy atom. The summed E-state index contributed by atoms with van der Waals surface area (Å²) in [6, 6.07) is 7.39. The largest absolute Gasteiger partial charge is 0.351 e. The number of anilines is 1. The van der Waals surface area contributed by atoms with Gasteiger partial charge >= 0.3 is 6.03 Å². The van der Waals surface area contributed by atoms with E-state index in [1.165, 1.54) is 37.9 Å². The second kappa shape index (κ2) is 8.02. The monoisotopic (exact) mass is 283 g/mol. The molecule has 0 radical (unpaired) electrons. The zero-order valence-corrected chi connectivity index (χ0v) is 11.9. The Morgan fingerprint density at radius 2 is 2.00 bits per heavy atom. The van der Waals surface area contributed by atoms with Crippen LogP contribution in [0.2, 0.25) is 0 Å². The van der Waals surface area contributed by atoms with Gasteiger partial charge < -0.3 is 16.0 Å². The minimum atomic E-state index is -0.511. The second-order valence-electron chi connectivity index (χ2n) is 4.84. The third-order valence-electron chi connectivity index (χ3n) is 3.36. The number of rotatable bonds is 4. The van der Waals surface area contributed by atoms with E-state index in [1.807, 2.05) is 18.2 Å². The molecular weight excluding hydrogens is 262 g/mol. The van der Waals surface area contributed by atoms with Crippen molar-refractivity contribution in [3.05, 3.63) is 29.8 Å². The standard InChI is InChI=1S/C14H21N3O.ClH/c15-14(18)16-13-6-4-5-12(11-13)7-10-17-8-2-1-3-9-17;/h4-6,11H,1-3,7-10H2,(H3,15,16,18);1H. The van der Waals surface area contributed by atoms with E-state index in [0.29, 0.717) is 0 Å². The molecule has 5 heteroatoms. The quantitative estimate of drug-likeness (QED) is 0.892. The number of benzene rings is 1. The number of hydrogen-bond donors (Lipinski definition) is 2. The normalized spacial score (nSPS) is 15.6. The smallest absolute Gasteiger partial charge is 0.316 e. The molecule has 19 heavy (non-hydrogen) atoms. The topological polar surface area (TPSA) is 58.4 Å². The number of primary amides is 1. The molecule has 2 rings (SSSR count). The molecule has 1 aromatic carbocycles. The van der Waals surface area contributed by atoms with Gasteiger partial charge in [-0.1, -0.05) is 18.6 Å². The predicted octanol–water partition coefficient (Wildman–Crippen LogP) is 2.63. The fraction of sp³-hybridized carbons (Fsp3) is 0.500. The first-order valence-electron chi connectivity index (χ1n) is 6.62. The van der Waals surface area contributed by atoms with Gasteiger partial charge in [-0.15, -0.1) is 12.4 Å². The summed E-state index contributed by atoms with van der Waals surface area (Å²) in [5, 5.41) is 2.61. The number of carbonyl (C=O) groups is 1. The van der Waals surface area contributed by atoms with Crippen LogP contribution >= 0.6 is 12.4 Å². The predicted molar refractivity (Wildman–Crippen MR) is 80.9 cm³/mol. The highest BCUT2D eigenvalue weighted by atomic mass is 35.5. The first-order chi connectivity index (χ1) is 8.74. The number of urea groups is 1. The summed E-state index contributed by atoms with van der Waals surface area (Å²) in [5.74, 6) is 0. The summed E-state index contributed by atoms with van der Waals surface area (Å²) in [4.78, 5) is 13.3. The molecule has 0 spiro atoms. The van der Waals surface area contributed by atoms with Gasteiger partial charge in [-0.3, -0.25) is 0 Å². The zero-order valence-electron chi connectivity index (χ0n) is 11.1. The summed E-state index contributed by atoms with van der Waals surface area (Å²) in [7, 11) is 0. The molecule has 106 valence electrons. The van der Waals surface area contributed by atoms with Crippen LogP contribution in [0.4, 0.5) is 10.5 Å². The van der Waals surface area contributed by atoms with Gasteiger partial charge in [0.2, 0.25) is 0 Å². The third kappa shape index (κ3) is 5.49. The van der Waals surface area contributed by atoms with Gasteiger partial charge in [0, 0.05) is 12.2 Å². The van der Waals surface area contributed by atoms with Crippen LogP contribution < -0.4 is 11.1 Å². The lowest BCUT2D eigenvalue weighted by atomic mass is 10.1. The third-order valence-corrected chi connectivity index (χ3v) is 3.36. The van der Waals surface area contributed by atoms with Crippen molar-refractivity contribution in [3.8, 4) is 0 Å². The molecule has 4 nitrogen and oxygen atoms in total. The summed E-state index contributed by atoms with van der Waals surface area (Å²) in [6.45, 7) is 3.54. The summed E-state index contributed by atoms with van der Waals surface area (Å²) in [5.41, 5.74) is 7.13. The first kappa shape index (κ1) is 15.8. The second-order valence-corrected chi connectivity index (χ2v) is 4.84. The molecular formula is C14H22ClN3O. The van der Waals surface area contributed by atoms with Crippen molar-refractivity contribution in [2.45, 2.75) is 25.7 Å². The Kier molecular flexibility index (Phi) is 6.67. The summed E-state index contributed by atoms with van der Waals surface area (Å²) < 4.78 is 0. The van der Waals surface area contributed by atoms with Crippen molar-refractivity contribution < 1.29 is 4.79 Å². The van der Waals surface area contributed by atoms with Crippen molar-refractivity contribution in [3.63, 3.8) is 0 Å². The van der Waals surface area contributed by atoms with Gasteiger partial charge in [-0.05, 0) is 50.0 Å². The molecule has 2 amide bonds. The number of halogens is 1. The number of hydrogen-bond acceptors (Lipinski definition) is 2. The highest BCUT2D eigenvalue weighted by Gasteiger charge is 2.09. The van der Waals surface area contributed by atoms with Gasteiger partial charge in [0.1, 0.15) is 0 Å². The van der Waals surface area contributed by atoms with E-state index in [1.54, 1.807) is 0 Å². The number of amides is 2. The molecule has 0 aromatic heterocycles. The van der Waals surface area contributed by atoms with Crippen LogP contribution in [0.1, 0.15) is 24.8 Å². The molecule has 1 aliphatic rings. The molecule has 0 saturated carbocycles. The van der Waals surface area contributed by atoms with E-state index in [9.17, 15) is 4.79 Å². The van der Waals surface area contributed by atoms with E-state index in [0.717, 1.165) is 18.7 Å². The molecule has 0 aliphatic carbocycles. The molecule has 1 aromatic rings. The molecule has 1 aliphatic heterocycles. The Labute approximate surface area is 120 Å². The van der Waals surface area contributed by atoms with E-state index < -0.39 is 6.03 Å². The number of piperidine rings is 1. The van der Waals surface area contributed by atoms with Crippen LogP contribution in [-0.2, 0) is 6.42 Å². The average molecular weight is 284 g/mol. The van der Waals surface area contributed by atoms with E-state index in [2.05, 4.69) is 16.3 Å². The van der Waals surface area contributed by atoms with Crippen molar-refractivity contribution in [2.75, 3.05) is 25.0 Å². The number of likely N-dealkylation sites (tertiary alicyclic amines) is 1. The van der Waals surface area contributed by atoms with Gasteiger partial charge in [0.25, 0.3) is 0 Å². The number of carbonyl (C=O) groups excluding carboxylic acids is 1. The molecule has 0 atom stereocenters. The van der Waals surface area contributed by atoms with E-state index >= 15 is 0 Å². The van der Waals surface area contributed by atoms with Gasteiger partial charge in [0.05, 0.1) is 0 Å². The lowest BCUT2D eigenvalue weighted by molar-refractivity contribution is 0.231. The van der Waals surface area contributed by atoms with Crippen LogP contribution in [0.25, 0.3) is 0 Å². The van der Waals surface area contributed by atoms with Crippen molar-refractivity contribution >= 4 is 24.1 Å². The molecule has 3 N–H and O–H groups in total. The van der Waals surface area contributed by atoms with Crippen LogP contribution in [-0.4, -0.2) is 30.6 Å². The van der Waals surface area contributed by atoms with Crippen LogP contribution in [0.5, 0.6) is 0 Å². The van der Waals surface area contributed by atoms with Gasteiger partial charge in [-0.2, -0.15) is 0 Å². The Hall–Kier alpha value is -1.26. The number of nitrogens with two attached hydrogens (primary N) is 1. The van der Waals surface area contributed by atoms with Crippen molar-refractivity contribution in [2.24, 2.45) is 5.73 Å². The zero-order chi connectivity index (χ0) is 12.8. The lowest BCUT2D eigenvalue weighted by Gasteiger charge is -2.26. The van der Waals surface area contributed by atoms with Crippen LogP contribution in [0, 0.1) is 0 Å². The fourth-order valence-electron chi connectivity index (χ4n) is 2.42.